The third kappa shape index (κ3) is 4.33. The monoisotopic (exact) mass is 395 g/mol. The van der Waals surface area contributed by atoms with E-state index in [-0.39, 0.29) is 17.3 Å². The number of alkyl halides is 2. The van der Waals surface area contributed by atoms with Crippen LogP contribution in [-0.4, -0.2) is 57.1 Å². The third-order valence-corrected chi connectivity index (χ3v) is 6.34. The van der Waals surface area contributed by atoms with Gasteiger partial charge in [-0.25, -0.2) is 8.42 Å². The molecular weight excluding hydrogens is 376 g/mol. The van der Waals surface area contributed by atoms with Crippen LogP contribution in [-0.2, 0) is 14.6 Å². The number of nitrogens with one attached hydrogen (secondary N) is 1. The molecule has 1 fully saturated rings. The van der Waals surface area contributed by atoms with Gasteiger partial charge in [0.2, 0.25) is 15.7 Å². The van der Waals surface area contributed by atoms with Crippen LogP contribution in [0.5, 0.6) is 0 Å². The van der Waals surface area contributed by atoms with Gasteiger partial charge in [0.05, 0.1) is 10.8 Å². The van der Waals surface area contributed by atoms with Crippen LogP contribution in [0.4, 0.5) is 8.78 Å². The zero-order valence-electron chi connectivity index (χ0n) is 13.3. The summed E-state index contributed by atoms with van der Waals surface area (Å²) in [5.41, 5.74) is 5.33. The van der Waals surface area contributed by atoms with Crippen molar-refractivity contribution in [1.29, 1.82) is 0 Å². The first-order chi connectivity index (χ1) is 11.8. The van der Waals surface area contributed by atoms with Crippen molar-refractivity contribution in [2.24, 2.45) is 11.7 Å². The molecule has 0 bridgehead atoms. The van der Waals surface area contributed by atoms with E-state index in [0.29, 0.717) is 32.5 Å². The number of carbonyl (C=O) groups is 2. The Balaban J connectivity index is 2.16. The molecule has 140 valence electrons. The summed E-state index contributed by atoms with van der Waals surface area (Å²) in [4.78, 5) is 25.1. The molecule has 3 N–H and O–H groups in total. The maximum Gasteiger partial charge on any atom is 0.341 e. The summed E-state index contributed by atoms with van der Waals surface area (Å²) in [5, 5.41) is 3.94. The zero-order valence-corrected chi connectivity index (χ0v) is 14.9. The summed E-state index contributed by atoms with van der Waals surface area (Å²) in [6.45, 7) is 1.07. The fraction of sp³-hybridized carbons (Fsp3) is 0.571. The standard InChI is InChI=1S/C14H19F2N3O4S2/c15-14(16)25(22,23)10-3-7-24-11(10)13(21)19-6-1-2-9(8-19)12(20)18-5-4-17/h3,7,9,14H,1-2,4-6,8,17H2,(H,18,20). The Hall–Kier alpha value is -1.59. The molecule has 0 radical (unpaired) electrons. The van der Waals surface area contributed by atoms with Crippen LogP contribution in [0, 0.1) is 5.92 Å². The maximum atomic E-state index is 12.8. The smallest absolute Gasteiger partial charge is 0.341 e. The summed E-state index contributed by atoms with van der Waals surface area (Å²) >= 11 is 0.798. The summed E-state index contributed by atoms with van der Waals surface area (Å²) in [6, 6.07) is 1.01. The van der Waals surface area contributed by atoms with Crippen LogP contribution in [0.25, 0.3) is 0 Å². The summed E-state index contributed by atoms with van der Waals surface area (Å²) in [6.07, 6.45) is 1.15. The average Bonchev–Trinajstić information content (AvgIpc) is 3.09. The van der Waals surface area contributed by atoms with Gasteiger partial charge in [-0.05, 0) is 24.3 Å². The van der Waals surface area contributed by atoms with Gasteiger partial charge in [-0.2, -0.15) is 8.78 Å². The molecule has 1 aliphatic rings. The first-order valence-electron chi connectivity index (χ1n) is 7.65. The van der Waals surface area contributed by atoms with E-state index in [1.807, 2.05) is 0 Å². The molecule has 1 unspecified atom stereocenters. The first-order valence-corrected chi connectivity index (χ1v) is 10.1. The highest BCUT2D eigenvalue weighted by Gasteiger charge is 2.35. The highest BCUT2D eigenvalue weighted by molar-refractivity contribution is 7.92. The molecule has 1 saturated heterocycles. The summed E-state index contributed by atoms with van der Waals surface area (Å²) in [7, 11) is -4.85. The van der Waals surface area contributed by atoms with Gasteiger partial charge in [0.1, 0.15) is 4.88 Å². The molecule has 0 aliphatic carbocycles. The molecule has 1 aromatic heterocycles. The number of carbonyl (C=O) groups excluding carboxylic acids is 2. The van der Waals surface area contributed by atoms with Crippen molar-refractivity contribution < 1.29 is 26.8 Å². The molecule has 2 rings (SSSR count). The molecule has 25 heavy (non-hydrogen) atoms. The Bertz CT molecular complexity index is 736. The largest absolute Gasteiger partial charge is 0.355 e. The lowest BCUT2D eigenvalue weighted by Gasteiger charge is -2.32. The van der Waals surface area contributed by atoms with Gasteiger partial charge >= 0.3 is 5.76 Å². The fourth-order valence-corrected chi connectivity index (χ4v) is 4.76. The quantitative estimate of drug-likeness (QED) is 0.736. The highest BCUT2D eigenvalue weighted by Crippen LogP contribution is 2.29. The Morgan fingerprint density at radius 1 is 1.44 bits per heavy atom. The molecule has 1 atom stereocenters. The number of thiophene rings is 1. The maximum absolute atomic E-state index is 12.8. The molecule has 11 heteroatoms. The molecule has 2 heterocycles. The van der Waals surface area contributed by atoms with Crippen molar-refractivity contribution in [3.05, 3.63) is 16.3 Å². The normalized spacial score (nSPS) is 18.4. The number of hydrogen-bond acceptors (Lipinski definition) is 6. The molecule has 7 nitrogen and oxygen atoms in total. The topological polar surface area (TPSA) is 110 Å². The third-order valence-electron chi connectivity index (χ3n) is 3.89. The van der Waals surface area contributed by atoms with E-state index in [2.05, 4.69) is 5.32 Å². The summed E-state index contributed by atoms with van der Waals surface area (Å²) < 4.78 is 49.0. The Morgan fingerprint density at radius 2 is 2.16 bits per heavy atom. The van der Waals surface area contributed by atoms with Gasteiger partial charge in [-0.15, -0.1) is 11.3 Å². The predicted molar refractivity (Wildman–Crippen MR) is 88.2 cm³/mol. The van der Waals surface area contributed by atoms with E-state index < -0.39 is 32.3 Å². The lowest BCUT2D eigenvalue weighted by molar-refractivity contribution is -0.126. The Labute approximate surface area is 148 Å². The highest BCUT2D eigenvalue weighted by atomic mass is 32.2. The van der Waals surface area contributed by atoms with Gasteiger partial charge < -0.3 is 16.0 Å². The van der Waals surface area contributed by atoms with Gasteiger partial charge in [0, 0.05) is 26.2 Å². The molecule has 0 aromatic carbocycles. The SMILES string of the molecule is NCCNC(=O)C1CCCN(C(=O)c2sccc2S(=O)(=O)C(F)F)C1. The molecule has 0 saturated carbocycles. The van der Waals surface area contributed by atoms with Crippen molar-refractivity contribution >= 4 is 33.0 Å². The average molecular weight is 395 g/mol. The van der Waals surface area contributed by atoms with Crippen LogP contribution in [0.2, 0.25) is 0 Å². The van der Waals surface area contributed by atoms with Crippen molar-refractivity contribution in [1.82, 2.24) is 10.2 Å². The number of nitrogens with two attached hydrogens (primary N) is 1. The number of amides is 2. The molecule has 1 aliphatic heterocycles. The number of halogens is 2. The number of rotatable bonds is 6. The van der Waals surface area contributed by atoms with E-state index in [4.69, 9.17) is 5.73 Å². The molecular formula is C14H19F2N3O4S2. The van der Waals surface area contributed by atoms with E-state index in [1.54, 1.807) is 0 Å². The minimum Gasteiger partial charge on any atom is -0.355 e. The number of likely N-dealkylation sites (tertiary alicyclic amines) is 1. The van der Waals surface area contributed by atoms with Crippen LogP contribution >= 0.6 is 11.3 Å². The fourth-order valence-electron chi connectivity index (χ4n) is 2.63. The van der Waals surface area contributed by atoms with Gasteiger partial charge in [-0.3, -0.25) is 9.59 Å². The van der Waals surface area contributed by atoms with E-state index >= 15 is 0 Å². The Kier molecular flexibility index (Phi) is 6.47. The number of sulfone groups is 1. The van der Waals surface area contributed by atoms with Crippen LogP contribution in [0.3, 0.4) is 0 Å². The Morgan fingerprint density at radius 3 is 2.80 bits per heavy atom. The lowest BCUT2D eigenvalue weighted by Crippen LogP contribution is -2.46. The predicted octanol–water partition coefficient (Wildman–Crippen LogP) is 0.671. The van der Waals surface area contributed by atoms with E-state index in [0.717, 1.165) is 17.4 Å². The van der Waals surface area contributed by atoms with Gasteiger partial charge in [0.25, 0.3) is 5.91 Å². The second-order valence-electron chi connectivity index (χ2n) is 5.59. The summed E-state index contributed by atoms with van der Waals surface area (Å²) in [5.74, 6) is -4.90. The van der Waals surface area contributed by atoms with Crippen molar-refractivity contribution in [3.8, 4) is 0 Å². The minimum atomic E-state index is -4.85. The van der Waals surface area contributed by atoms with Crippen LogP contribution < -0.4 is 11.1 Å². The number of hydrogen-bond donors (Lipinski definition) is 2. The first kappa shape index (κ1) is 19.7. The number of nitrogens with zero attached hydrogens (tertiary/aromatic N) is 1. The molecule has 1 aromatic rings. The minimum absolute atomic E-state index is 0.112. The van der Waals surface area contributed by atoms with Gasteiger partial charge in [-0.1, -0.05) is 0 Å². The van der Waals surface area contributed by atoms with Gasteiger partial charge in [0.15, 0.2) is 0 Å². The molecule has 2 amide bonds. The van der Waals surface area contributed by atoms with E-state index in [1.165, 1.54) is 10.3 Å². The second-order valence-corrected chi connectivity index (χ2v) is 8.39. The van der Waals surface area contributed by atoms with Crippen molar-refractivity contribution in [2.75, 3.05) is 26.2 Å². The second kappa shape index (κ2) is 8.19. The zero-order chi connectivity index (χ0) is 18.6. The van der Waals surface area contributed by atoms with Crippen LogP contribution in [0.15, 0.2) is 16.3 Å². The number of piperidine rings is 1. The van der Waals surface area contributed by atoms with Crippen LogP contribution in [0.1, 0.15) is 22.5 Å². The van der Waals surface area contributed by atoms with Crippen molar-refractivity contribution in [2.45, 2.75) is 23.5 Å². The van der Waals surface area contributed by atoms with E-state index in [9.17, 15) is 26.8 Å². The van der Waals surface area contributed by atoms with Crippen molar-refractivity contribution in [3.63, 3.8) is 0 Å². The lowest BCUT2D eigenvalue weighted by atomic mass is 9.97. The molecule has 0 spiro atoms.